The topological polar surface area (TPSA) is 85.4 Å². The van der Waals surface area contributed by atoms with Gasteiger partial charge in [0.1, 0.15) is 22.9 Å². The van der Waals surface area contributed by atoms with Crippen molar-refractivity contribution < 1.29 is 14.6 Å². The molecule has 0 fully saturated rings. The molecule has 1 aromatic carbocycles. The summed E-state index contributed by atoms with van der Waals surface area (Å²) in [6.45, 7) is 0. The number of nitrogens with two attached hydrogens (primary N) is 1. The van der Waals surface area contributed by atoms with E-state index >= 15 is 0 Å². The Labute approximate surface area is 97.5 Å². The molecule has 0 radical (unpaired) electrons. The Morgan fingerprint density at radius 1 is 1.24 bits per heavy atom. The van der Waals surface area contributed by atoms with Crippen LogP contribution < -0.4 is 10.5 Å². The summed E-state index contributed by atoms with van der Waals surface area (Å²) in [5.41, 5.74) is 5.23. The van der Waals surface area contributed by atoms with Crippen molar-refractivity contribution in [2.45, 2.75) is 0 Å². The van der Waals surface area contributed by atoms with Crippen molar-refractivity contribution in [3.05, 3.63) is 48.3 Å². The van der Waals surface area contributed by atoms with Crippen LogP contribution in [0.2, 0.25) is 0 Å². The second-order valence-electron chi connectivity index (χ2n) is 3.34. The number of aromatic nitrogens is 1. The number of amides is 1. The van der Waals surface area contributed by atoms with Crippen LogP contribution in [0.15, 0.2) is 42.6 Å². The number of hydrogen-bond donors (Lipinski definition) is 2. The smallest absolute Gasteiger partial charge is 0.267 e. The van der Waals surface area contributed by atoms with E-state index in [2.05, 4.69) is 4.98 Å². The number of pyridine rings is 1. The van der Waals surface area contributed by atoms with Crippen LogP contribution in [0, 0.1) is 0 Å². The van der Waals surface area contributed by atoms with Crippen molar-refractivity contribution in [3.8, 4) is 17.2 Å². The number of phenolic OH excluding ortho intramolecular Hbond substituents is 1. The van der Waals surface area contributed by atoms with Crippen LogP contribution in [0.5, 0.6) is 17.2 Å². The quantitative estimate of drug-likeness (QED) is 0.839. The zero-order valence-corrected chi connectivity index (χ0v) is 8.83. The fraction of sp³-hybridized carbons (Fsp3) is 0. The number of nitrogens with zero attached hydrogens (tertiary/aromatic N) is 1. The van der Waals surface area contributed by atoms with Crippen molar-refractivity contribution in [2.24, 2.45) is 5.73 Å². The minimum Gasteiger partial charge on any atom is -0.508 e. The molecule has 5 nitrogen and oxygen atoms in total. The standard InChI is InChI=1S/C12H10N2O3/c13-12(16)11-7-10(4-5-14-11)17-9-3-1-2-8(15)6-9/h1-7,15H,(H2,13,16). The Balaban J connectivity index is 2.24. The largest absolute Gasteiger partial charge is 0.508 e. The monoisotopic (exact) mass is 230 g/mol. The van der Waals surface area contributed by atoms with Gasteiger partial charge in [-0.2, -0.15) is 0 Å². The molecule has 2 rings (SSSR count). The first kappa shape index (κ1) is 10.9. The molecule has 0 unspecified atom stereocenters. The number of carbonyl (C=O) groups is 1. The minimum atomic E-state index is -0.619. The lowest BCUT2D eigenvalue weighted by Gasteiger charge is -2.06. The molecule has 0 aliphatic heterocycles. The molecule has 1 heterocycles. The molecule has 0 bridgehead atoms. The maximum absolute atomic E-state index is 10.9. The van der Waals surface area contributed by atoms with Gasteiger partial charge in [-0.05, 0) is 18.2 Å². The lowest BCUT2D eigenvalue weighted by Crippen LogP contribution is -2.12. The summed E-state index contributed by atoms with van der Waals surface area (Å²) in [6.07, 6.45) is 1.43. The van der Waals surface area contributed by atoms with Gasteiger partial charge in [0, 0.05) is 18.3 Å². The zero-order chi connectivity index (χ0) is 12.3. The fourth-order valence-corrected chi connectivity index (χ4v) is 1.29. The molecular formula is C12H10N2O3. The summed E-state index contributed by atoms with van der Waals surface area (Å²) < 4.78 is 5.44. The molecule has 0 saturated heterocycles. The second kappa shape index (κ2) is 4.52. The Hall–Kier alpha value is -2.56. The van der Waals surface area contributed by atoms with Gasteiger partial charge in [0.15, 0.2) is 0 Å². The highest BCUT2D eigenvalue weighted by molar-refractivity contribution is 5.91. The molecule has 1 amide bonds. The lowest BCUT2D eigenvalue weighted by molar-refractivity contribution is 0.0995. The minimum absolute atomic E-state index is 0.103. The molecule has 3 N–H and O–H groups in total. The van der Waals surface area contributed by atoms with Crippen molar-refractivity contribution in [1.82, 2.24) is 4.98 Å². The van der Waals surface area contributed by atoms with Crippen LogP contribution in [0.4, 0.5) is 0 Å². The SMILES string of the molecule is NC(=O)c1cc(Oc2cccc(O)c2)ccn1. The van der Waals surface area contributed by atoms with Gasteiger partial charge in [0.2, 0.25) is 0 Å². The Bertz CT molecular complexity index is 555. The Morgan fingerprint density at radius 2 is 2.00 bits per heavy atom. The normalized spacial score (nSPS) is 9.88. The van der Waals surface area contributed by atoms with Crippen LogP contribution in [-0.2, 0) is 0 Å². The predicted octanol–water partition coefficient (Wildman–Crippen LogP) is 1.68. The zero-order valence-electron chi connectivity index (χ0n) is 8.83. The van der Waals surface area contributed by atoms with Gasteiger partial charge < -0.3 is 15.6 Å². The number of phenols is 1. The summed E-state index contributed by atoms with van der Waals surface area (Å²) in [4.78, 5) is 14.7. The van der Waals surface area contributed by atoms with E-state index in [1.807, 2.05) is 0 Å². The highest BCUT2D eigenvalue weighted by Gasteiger charge is 2.04. The first-order valence-corrected chi connectivity index (χ1v) is 4.88. The number of rotatable bonds is 3. The van der Waals surface area contributed by atoms with Gasteiger partial charge in [0.05, 0.1) is 0 Å². The number of aromatic hydroxyl groups is 1. The summed E-state index contributed by atoms with van der Waals surface area (Å²) in [5, 5.41) is 9.27. The van der Waals surface area contributed by atoms with E-state index in [1.54, 1.807) is 18.2 Å². The Morgan fingerprint density at radius 3 is 2.71 bits per heavy atom. The molecule has 0 aliphatic carbocycles. The highest BCUT2D eigenvalue weighted by atomic mass is 16.5. The molecule has 5 heteroatoms. The van der Waals surface area contributed by atoms with E-state index in [1.165, 1.54) is 24.4 Å². The number of ether oxygens (including phenoxy) is 1. The van der Waals surface area contributed by atoms with Crippen molar-refractivity contribution in [3.63, 3.8) is 0 Å². The average Bonchev–Trinajstić information content (AvgIpc) is 2.29. The maximum Gasteiger partial charge on any atom is 0.267 e. The number of benzene rings is 1. The first-order valence-electron chi connectivity index (χ1n) is 4.88. The van der Waals surface area contributed by atoms with Gasteiger partial charge in [-0.15, -0.1) is 0 Å². The number of hydrogen-bond acceptors (Lipinski definition) is 4. The van der Waals surface area contributed by atoms with Crippen molar-refractivity contribution in [2.75, 3.05) is 0 Å². The van der Waals surface area contributed by atoms with E-state index in [9.17, 15) is 9.90 Å². The summed E-state index contributed by atoms with van der Waals surface area (Å²) >= 11 is 0. The average molecular weight is 230 g/mol. The van der Waals surface area contributed by atoms with Crippen LogP contribution >= 0.6 is 0 Å². The third kappa shape index (κ3) is 2.72. The van der Waals surface area contributed by atoms with E-state index in [0.717, 1.165) is 0 Å². The number of carbonyl (C=O) groups excluding carboxylic acids is 1. The molecule has 0 atom stereocenters. The fourth-order valence-electron chi connectivity index (χ4n) is 1.29. The molecule has 0 spiro atoms. The predicted molar refractivity (Wildman–Crippen MR) is 60.9 cm³/mol. The van der Waals surface area contributed by atoms with Crippen LogP contribution in [-0.4, -0.2) is 16.0 Å². The molecule has 0 saturated carbocycles. The van der Waals surface area contributed by atoms with E-state index < -0.39 is 5.91 Å². The number of primary amides is 1. The first-order chi connectivity index (χ1) is 8.15. The second-order valence-corrected chi connectivity index (χ2v) is 3.34. The van der Waals surface area contributed by atoms with Crippen molar-refractivity contribution in [1.29, 1.82) is 0 Å². The van der Waals surface area contributed by atoms with E-state index in [0.29, 0.717) is 11.5 Å². The van der Waals surface area contributed by atoms with Crippen LogP contribution in [0.25, 0.3) is 0 Å². The van der Waals surface area contributed by atoms with Gasteiger partial charge in [-0.3, -0.25) is 9.78 Å². The summed E-state index contributed by atoms with van der Waals surface area (Å²) in [7, 11) is 0. The Kier molecular flexibility index (Phi) is 2.91. The van der Waals surface area contributed by atoms with Crippen molar-refractivity contribution >= 4 is 5.91 Å². The van der Waals surface area contributed by atoms with Gasteiger partial charge in [-0.25, -0.2) is 0 Å². The molecular weight excluding hydrogens is 220 g/mol. The summed E-state index contributed by atoms with van der Waals surface area (Å²) in [6, 6.07) is 9.37. The van der Waals surface area contributed by atoms with Gasteiger partial charge in [0.25, 0.3) is 5.91 Å². The van der Waals surface area contributed by atoms with E-state index in [4.69, 9.17) is 10.5 Å². The molecule has 2 aromatic rings. The van der Waals surface area contributed by atoms with E-state index in [-0.39, 0.29) is 11.4 Å². The van der Waals surface area contributed by atoms with Crippen LogP contribution in [0.1, 0.15) is 10.5 Å². The highest BCUT2D eigenvalue weighted by Crippen LogP contribution is 2.24. The van der Waals surface area contributed by atoms with Gasteiger partial charge >= 0.3 is 0 Å². The maximum atomic E-state index is 10.9. The van der Waals surface area contributed by atoms with Gasteiger partial charge in [-0.1, -0.05) is 6.07 Å². The van der Waals surface area contributed by atoms with Crippen LogP contribution in [0.3, 0.4) is 0 Å². The molecule has 1 aromatic heterocycles. The lowest BCUT2D eigenvalue weighted by atomic mass is 10.3. The molecule has 17 heavy (non-hydrogen) atoms. The third-order valence-corrected chi connectivity index (χ3v) is 2.04. The third-order valence-electron chi connectivity index (χ3n) is 2.04. The molecule has 0 aliphatic rings. The molecule has 86 valence electrons. The summed E-state index contributed by atoms with van der Waals surface area (Å²) in [5.74, 6) is 0.379.